The lowest BCUT2D eigenvalue weighted by atomic mass is 10.0. The Bertz CT molecular complexity index is 634. The van der Waals surface area contributed by atoms with Gasteiger partial charge in [-0.25, -0.2) is 0 Å². The molecule has 0 aromatic heterocycles. The molecule has 2 N–H and O–H groups in total. The predicted octanol–water partition coefficient (Wildman–Crippen LogP) is 3.51. The molecule has 2 aromatic carbocycles. The van der Waals surface area contributed by atoms with Crippen LogP contribution in [0.2, 0.25) is 0 Å². The third-order valence-electron chi connectivity index (χ3n) is 3.14. The smallest absolute Gasteiger partial charge is 0.204 e. The fourth-order valence-electron chi connectivity index (χ4n) is 1.99. The summed E-state index contributed by atoms with van der Waals surface area (Å²) in [5.74, 6) is -0.406. The highest BCUT2D eigenvalue weighted by Crippen LogP contribution is 2.32. The SMILES string of the molecule is CCCCOc1cccc(O)c1C(=O)c1ccccc1O. The first-order valence-corrected chi connectivity index (χ1v) is 6.92. The second-order valence-electron chi connectivity index (χ2n) is 4.70. The Morgan fingerprint density at radius 3 is 2.48 bits per heavy atom. The van der Waals surface area contributed by atoms with Crippen molar-refractivity contribution in [2.45, 2.75) is 19.8 Å². The van der Waals surface area contributed by atoms with E-state index in [1.807, 2.05) is 6.92 Å². The van der Waals surface area contributed by atoms with Crippen LogP contribution < -0.4 is 4.74 Å². The van der Waals surface area contributed by atoms with Gasteiger partial charge in [0.1, 0.15) is 22.8 Å². The van der Waals surface area contributed by atoms with Crippen LogP contribution in [0.15, 0.2) is 42.5 Å². The summed E-state index contributed by atoms with van der Waals surface area (Å²) in [5.41, 5.74) is 0.217. The van der Waals surface area contributed by atoms with Gasteiger partial charge in [-0.1, -0.05) is 31.5 Å². The number of carbonyl (C=O) groups excluding carboxylic acids is 1. The topological polar surface area (TPSA) is 66.8 Å². The summed E-state index contributed by atoms with van der Waals surface area (Å²) in [4.78, 5) is 12.5. The lowest BCUT2D eigenvalue weighted by Gasteiger charge is -2.12. The van der Waals surface area contributed by atoms with Crippen LogP contribution in [0.4, 0.5) is 0 Å². The third kappa shape index (κ3) is 3.34. The van der Waals surface area contributed by atoms with E-state index in [4.69, 9.17) is 4.74 Å². The molecule has 0 heterocycles. The van der Waals surface area contributed by atoms with Crippen LogP contribution in [0.1, 0.15) is 35.7 Å². The summed E-state index contributed by atoms with van der Waals surface area (Å²) < 4.78 is 5.58. The van der Waals surface area contributed by atoms with Crippen molar-refractivity contribution >= 4 is 5.78 Å². The number of benzene rings is 2. The van der Waals surface area contributed by atoms with Gasteiger partial charge in [-0.05, 0) is 30.7 Å². The van der Waals surface area contributed by atoms with Gasteiger partial charge >= 0.3 is 0 Å². The molecule has 0 aliphatic rings. The van der Waals surface area contributed by atoms with Gasteiger partial charge in [-0.2, -0.15) is 0 Å². The molecule has 2 aromatic rings. The number of phenolic OH excluding ortho intramolecular Hbond substituents is 2. The van der Waals surface area contributed by atoms with Crippen molar-refractivity contribution in [2.75, 3.05) is 6.61 Å². The Morgan fingerprint density at radius 2 is 1.76 bits per heavy atom. The number of hydrogen-bond donors (Lipinski definition) is 2. The summed E-state index contributed by atoms with van der Waals surface area (Å²) in [5, 5.41) is 19.8. The Kier molecular flexibility index (Phi) is 4.82. The summed E-state index contributed by atoms with van der Waals surface area (Å²) in [7, 11) is 0. The minimum atomic E-state index is -0.460. The summed E-state index contributed by atoms with van der Waals surface area (Å²) >= 11 is 0. The van der Waals surface area contributed by atoms with Crippen molar-refractivity contribution in [2.24, 2.45) is 0 Å². The van der Waals surface area contributed by atoms with Crippen molar-refractivity contribution in [3.8, 4) is 17.2 Å². The highest BCUT2D eigenvalue weighted by Gasteiger charge is 2.21. The van der Waals surface area contributed by atoms with Gasteiger partial charge in [-0.3, -0.25) is 4.79 Å². The van der Waals surface area contributed by atoms with Gasteiger partial charge < -0.3 is 14.9 Å². The first kappa shape index (κ1) is 14.9. The van der Waals surface area contributed by atoms with Crippen molar-refractivity contribution in [1.82, 2.24) is 0 Å². The standard InChI is InChI=1S/C17H18O4/c1-2-3-11-21-15-10-6-9-14(19)16(15)17(20)12-7-4-5-8-13(12)18/h4-10,18-19H,2-3,11H2,1H3. The molecule has 0 aliphatic heterocycles. The summed E-state index contributed by atoms with van der Waals surface area (Å²) in [6.07, 6.45) is 1.83. The molecule has 2 rings (SSSR count). The van der Waals surface area contributed by atoms with Crippen LogP contribution in [0.25, 0.3) is 0 Å². The number of unbranched alkanes of at least 4 members (excludes halogenated alkanes) is 1. The summed E-state index contributed by atoms with van der Waals surface area (Å²) in [6, 6.07) is 10.9. The second-order valence-corrected chi connectivity index (χ2v) is 4.70. The molecule has 110 valence electrons. The average Bonchev–Trinajstić information content (AvgIpc) is 2.47. The van der Waals surface area contributed by atoms with Crippen molar-refractivity contribution in [1.29, 1.82) is 0 Å². The number of ether oxygens (including phenoxy) is 1. The molecule has 0 radical (unpaired) electrons. The monoisotopic (exact) mass is 286 g/mol. The number of carbonyl (C=O) groups is 1. The maximum atomic E-state index is 12.5. The van der Waals surface area contributed by atoms with Gasteiger partial charge in [0.05, 0.1) is 12.2 Å². The Balaban J connectivity index is 2.38. The zero-order valence-corrected chi connectivity index (χ0v) is 11.9. The van der Waals surface area contributed by atoms with Gasteiger partial charge in [0.2, 0.25) is 5.78 Å². The molecule has 0 spiro atoms. The maximum absolute atomic E-state index is 12.5. The van der Waals surface area contributed by atoms with Gasteiger partial charge in [-0.15, -0.1) is 0 Å². The molecule has 0 amide bonds. The van der Waals surface area contributed by atoms with E-state index in [-0.39, 0.29) is 22.6 Å². The van der Waals surface area contributed by atoms with Gasteiger partial charge in [0.15, 0.2) is 0 Å². The Hall–Kier alpha value is -2.49. The van der Waals surface area contributed by atoms with E-state index in [0.717, 1.165) is 12.8 Å². The van der Waals surface area contributed by atoms with Crippen LogP contribution in [-0.4, -0.2) is 22.6 Å². The number of hydrogen-bond acceptors (Lipinski definition) is 4. The van der Waals surface area contributed by atoms with Crippen molar-refractivity contribution < 1.29 is 19.7 Å². The fourth-order valence-corrected chi connectivity index (χ4v) is 1.99. The van der Waals surface area contributed by atoms with Crippen LogP contribution in [0.3, 0.4) is 0 Å². The van der Waals surface area contributed by atoms with E-state index in [1.54, 1.807) is 24.3 Å². The Morgan fingerprint density at radius 1 is 1.05 bits per heavy atom. The van der Waals surface area contributed by atoms with Crippen LogP contribution in [0.5, 0.6) is 17.2 Å². The number of aromatic hydroxyl groups is 2. The largest absolute Gasteiger partial charge is 0.507 e. The molecule has 0 bridgehead atoms. The van der Waals surface area contributed by atoms with Gasteiger partial charge in [0.25, 0.3) is 0 Å². The normalized spacial score (nSPS) is 10.3. The zero-order valence-electron chi connectivity index (χ0n) is 11.9. The van der Waals surface area contributed by atoms with E-state index >= 15 is 0 Å². The average molecular weight is 286 g/mol. The highest BCUT2D eigenvalue weighted by molar-refractivity contribution is 6.13. The van der Waals surface area contributed by atoms with E-state index in [0.29, 0.717) is 12.4 Å². The third-order valence-corrected chi connectivity index (χ3v) is 3.14. The molecular formula is C17H18O4. The summed E-state index contributed by atoms with van der Waals surface area (Å²) in [6.45, 7) is 2.51. The minimum Gasteiger partial charge on any atom is -0.507 e. The highest BCUT2D eigenvalue weighted by atomic mass is 16.5. The molecule has 0 saturated carbocycles. The molecule has 4 heteroatoms. The molecule has 0 aliphatic carbocycles. The fraction of sp³-hybridized carbons (Fsp3) is 0.235. The first-order valence-electron chi connectivity index (χ1n) is 6.92. The molecule has 21 heavy (non-hydrogen) atoms. The number of para-hydroxylation sites is 1. The second kappa shape index (κ2) is 6.79. The molecule has 0 unspecified atom stereocenters. The molecule has 0 saturated heterocycles. The lowest BCUT2D eigenvalue weighted by Crippen LogP contribution is -2.07. The van der Waals surface area contributed by atoms with E-state index in [2.05, 4.69) is 0 Å². The van der Waals surface area contributed by atoms with Crippen molar-refractivity contribution in [3.63, 3.8) is 0 Å². The molecular weight excluding hydrogens is 268 g/mol. The van der Waals surface area contributed by atoms with E-state index < -0.39 is 5.78 Å². The van der Waals surface area contributed by atoms with Crippen LogP contribution >= 0.6 is 0 Å². The number of phenols is 2. The van der Waals surface area contributed by atoms with E-state index in [9.17, 15) is 15.0 Å². The predicted molar refractivity (Wildman–Crippen MR) is 80.0 cm³/mol. The van der Waals surface area contributed by atoms with Crippen LogP contribution in [0, 0.1) is 0 Å². The maximum Gasteiger partial charge on any atom is 0.204 e. The number of rotatable bonds is 6. The first-order chi connectivity index (χ1) is 10.1. The lowest BCUT2D eigenvalue weighted by molar-refractivity contribution is 0.102. The molecule has 4 nitrogen and oxygen atoms in total. The minimum absolute atomic E-state index is 0.0788. The zero-order chi connectivity index (χ0) is 15.2. The number of ketones is 1. The van der Waals surface area contributed by atoms with Gasteiger partial charge in [0, 0.05) is 0 Å². The molecule has 0 atom stereocenters. The van der Waals surface area contributed by atoms with Crippen molar-refractivity contribution in [3.05, 3.63) is 53.6 Å². The Labute approximate surface area is 123 Å². The van der Waals surface area contributed by atoms with E-state index in [1.165, 1.54) is 18.2 Å². The molecule has 0 fully saturated rings. The quantitative estimate of drug-likeness (QED) is 0.630. The van der Waals surface area contributed by atoms with Crippen LogP contribution in [-0.2, 0) is 0 Å².